The number of esters is 1. The van der Waals surface area contributed by atoms with Crippen molar-refractivity contribution in [2.24, 2.45) is 0 Å². The Labute approximate surface area is 143 Å². The van der Waals surface area contributed by atoms with Gasteiger partial charge in [0.05, 0.1) is 13.2 Å². The minimum atomic E-state index is -0.933. The highest BCUT2D eigenvalue weighted by atomic mass is 16.5. The Morgan fingerprint density at radius 3 is 2.42 bits per heavy atom. The number of methoxy groups -OCH3 is 2. The van der Waals surface area contributed by atoms with Crippen LogP contribution in [0.1, 0.15) is 50.9 Å². The molecule has 0 saturated carbocycles. The third kappa shape index (κ3) is 4.71. The van der Waals surface area contributed by atoms with Crippen LogP contribution in [0.4, 0.5) is 5.69 Å². The second-order valence-corrected chi connectivity index (χ2v) is 5.78. The second kappa shape index (κ2) is 8.68. The van der Waals surface area contributed by atoms with E-state index in [1.165, 1.54) is 14.2 Å². The van der Waals surface area contributed by atoms with Crippen molar-refractivity contribution in [3.63, 3.8) is 0 Å². The van der Waals surface area contributed by atoms with Crippen LogP contribution in [0, 0.1) is 0 Å². The molecule has 0 spiro atoms. The van der Waals surface area contributed by atoms with Crippen LogP contribution in [0.15, 0.2) is 18.2 Å². The second-order valence-electron chi connectivity index (χ2n) is 5.78. The van der Waals surface area contributed by atoms with Gasteiger partial charge in [0.2, 0.25) is 0 Å². The number of ether oxygens (including phenoxy) is 3. The van der Waals surface area contributed by atoms with E-state index in [1.54, 1.807) is 25.1 Å². The molecule has 134 valence electrons. The molecule has 0 heterocycles. The van der Waals surface area contributed by atoms with Gasteiger partial charge in [0.15, 0.2) is 0 Å². The number of rotatable bonds is 8. The van der Waals surface area contributed by atoms with Gasteiger partial charge in [-0.05, 0) is 44.9 Å². The molecule has 0 radical (unpaired) electrons. The highest BCUT2D eigenvalue weighted by Crippen LogP contribution is 2.26. The Balaban J connectivity index is 3.10. The minimum absolute atomic E-state index is 0.0364. The maximum atomic E-state index is 12.4. The summed E-state index contributed by atoms with van der Waals surface area (Å²) < 4.78 is 15.8. The molecule has 0 bridgehead atoms. The summed E-state index contributed by atoms with van der Waals surface area (Å²) in [6.07, 6.45) is 1.29. The molecule has 0 aliphatic rings. The van der Waals surface area contributed by atoms with Crippen LogP contribution in [0.2, 0.25) is 0 Å². The predicted molar refractivity (Wildman–Crippen MR) is 92.5 cm³/mol. The fourth-order valence-corrected chi connectivity index (χ4v) is 1.94. The van der Waals surface area contributed by atoms with E-state index in [4.69, 9.17) is 14.2 Å². The van der Waals surface area contributed by atoms with Crippen molar-refractivity contribution in [3.05, 3.63) is 23.8 Å². The average molecular weight is 337 g/mol. The molecule has 0 saturated heterocycles. The highest BCUT2D eigenvalue weighted by Gasteiger charge is 2.31. The quantitative estimate of drug-likeness (QED) is 0.736. The van der Waals surface area contributed by atoms with Gasteiger partial charge in [0.25, 0.3) is 5.91 Å². The largest absolute Gasteiger partial charge is 0.490 e. The van der Waals surface area contributed by atoms with Crippen LogP contribution in [-0.2, 0) is 14.3 Å². The molecular formula is C18H27NO5. The Hall–Kier alpha value is -2.08. The van der Waals surface area contributed by atoms with Gasteiger partial charge in [-0.3, -0.25) is 4.79 Å². The van der Waals surface area contributed by atoms with E-state index in [-0.39, 0.29) is 17.6 Å². The zero-order valence-electron chi connectivity index (χ0n) is 15.3. The molecule has 0 unspecified atom stereocenters. The SMILES string of the molecule is CC[C@H](C)Oc1ccc(NC(=O)[C@@](C)(CC)OC)cc1C(=O)OC. The summed E-state index contributed by atoms with van der Waals surface area (Å²) in [4.78, 5) is 24.4. The standard InChI is InChI=1S/C18H27NO5/c1-7-12(3)24-15-10-9-13(11-14(15)16(20)22-5)19-17(21)18(4,8-2)23-6/h9-12H,7-8H2,1-6H3,(H,19,21)/t12-,18+/m0/s1. The normalized spacial score (nSPS) is 14.4. The number of anilines is 1. The van der Waals surface area contributed by atoms with Crippen LogP contribution >= 0.6 is 0 Å². The van der Waals surface area contributed by atoms with E-state index in [9.17, 15) is 9.59 Å². The zero-order valence-corrected chi connectivity index (χ0v) is 15.3. The Bertz CT molecular complexity index is 581. The molecule has 6 heteroatoms. The lowest BCUT2D eigenvalue weighted by molar-refractivity contribution is -0.136. The van der Waals surface area contributed by atoms with Crippen molar-refractivity contribution in [2.75, 3.05) is 19.5 Å². The van der Waals surface area contributed by atoms with E-state index in [0.29, 0.717) is 17.9 Å². The summed E-state index contributed by atoms with van der Waals surface area (Å²) in [6, 6.07) is 4.89. The predicted octanol–water partition coefficient (Wildman–Crippen LogP) is 3.40. The lowest BCUT2D eigenvalue weighted by atomic mass is 10.0. The maximum absolute atomic E-state index is 12.4. The molecule has 1 aromatic rings. The van der Waals surface area contributed by atoms with Gasteiger partial charge in [-0.25, -0.2) is 4.79 Å². The van der Waals surface area contributed by atoms with Crippen molar-refractivity contribution in [2.45, 2.75) is 52.2 Å². The van der Waals surface area contributed by atoms with Gasteiger partial charge in [-0.1, -0.05) is 13.8 Å². The summed E-state index contributed by atoms with van der Waals surface area (Å²) in [5.74, 6) is -0.368. The minimum Gasteiger partial charge on any atom is -0.490 e. The smallest absolute Gasteiger partial charge is 0.341 e. The Morgan fingerprint density at radius 2 is 1.92 bits per heavy atom. The van der Waals surface area contributed by atoms with Crippen LogP contribution in [0.5, 0.6) is 5.75 Å². The summed E-state index contributed by atoms with van der Waals surface area (Å²) >= 11 is 0. The number of benzene rings is 1. The van der Waals surface area contributed by atoms with Gasteiger partial charge >= 0.3 is 5.97 Å². The molecule has 6 nitrogen and oxygen atoms in total. The number of nitrogens with one attached hydrogen (secondary N) is 1. The molecule has 0 fully saturated rings. The summed E-state index contributed by atoms with van der Waals surface area (Å²) in [5.41, 5.74) is -0.183. The Morgan fingerprint density at radius 1 is 1.25 bits per heavy atom. The molecule has 1 N–H and O–H groups in total. The van der Waals surface area contributed by atoms with Gasteiger partial charge in [-0.15, -0.1) is 0 Å². The molecule has 0 aromatic heterocycles. The van der Waals surface area contributed by atoms with E-state index in [1.807, 2.05) is 20.8 Å². The van der Waals surface area contributed by atoms with Crippen LogP contribution in [0.25, 0.3) is 0 Å². The van der Waals surface area contributed by atoms with Crippen LogP contribution < -0.4 is 10.1 Å². The van der Waals surface area contributed by atoms with Crippen molar-refractivity contribution >= 4 is 17.6 Å². The van der Waals surface area contributed by atoms with Gasteiger partial charge in [0, 0.05) is 12.8 Å². The number of amides is 1. The van der Waals surface area contributed by atoms with E-state index in [2.05, 4.69) is 5.32 Å². The maximum Gasteiger partial charge on any atom is 0.341 e. The summed E-state index contributed by atoms with van der Waals surface area (Å²) in [5, 5.41) is 2.77. The molecule has 1 amide bonds. The number of hydrogen-bond acceptors (Lipinski definition) is 5. The number of carbonyl (C=O) groups excluding carboxylic acids is 2. The molecule has 0 aliphatic carbocycles. The number of hydrogen-bond donors (Lipinski definition) is 1. The number of carbonyl (C=O) groups is 2. The first-order valence-electron chi connectivity index (χ1n) is 8.06. The topological polar surface area (TPSA) is 73.9 Å². The first-order valence-corrected chi connectivity index (χ1v) is 8.06. The zero-order chi connectivity index (χ0) is 18.3. The first kappa shape index (κ1) is 20.0. The molecule has 1 rings (SSSR count). The van der Waals surface area contributed by atoms with Crippen molar-refractivity contribution < 1.29 is 23.8 Å². The van der Waals surface area contributed by atoms with Crippen molar-refractivity contribution in [1.82, 2.24) is 0 Å². The average Bonchev–Trinajstić information content (AvgIpc) is 2.61. The van der Waals surface area contributed by atoms with Crippen molar-refractivity contribution in [1.29, 1.82) is 0 Å². The fourth-order valence-electron chi connectivity index (χ4n) is 1.94. The highest BCUT2D eigenvalue weighted by molar-refractivity contribution is 5.99. The molecule has 2 atom stereocenters. The van der Waals surface area contributed by atoms with Crippen LogP contribution in [-0.4, -0.2) is 37.8 Å². The Kier molecular flexibility index (Phi) is 7.22. The summed E-state index contributed by atoms with van der Waals surface area (Å²) in [6.45, 7) is 7.49. The third-order valence-corrected chi connectivity index (χ3v) is 4.15. The van der Waals surface area contributed by atoms with Gasteiger partial charge in [0.1, 0.15) is 16.9 Å². The monoisotopic (exact) mass is 337 g/mol. The lowest BCUT2D eigenvalue weighted by Crippen LogP contribution is -2.41. The molecular weight excluding hydrogens is 310 g/mol. The third-order valence-electron chi connectivity index (χ3n) is 4.15. The van der Waals surface area contributed by atoms with E-state index in [0.717, 1.165) is 6.42 Å². The van der Waals surface area contributed by atoms with Gasteiger partial charge in [-0.2, -0.15) is 0 Å². The molecule has 1 aromatic carbocycles. The van der Waals surface area contributed by atoms with Gasteiger partial charge < -0.3 is 19.5 Å². The lowest BCUT2D eigenvalue weighted by Gasteiger charge is -2.25. The van der Waals surface area contributed by atoms with E-state index >= 15 is 0 Å². The first-order chi connectivity index (χ1) is 11.3. The van der Waals surface area contributed by atoms with E-state index < -0.39 is 11.6 Å². The molecule has 0 aliphatic heterocycles. The van der Waals surface area contributed by atoms with Crippen LogP contribution in [0.3, 0.4) is 0 Å². The summed E-state index contributed by atoms with van der Waals surface area (Å²) in [7, 11) is 2.80. The van der Waals surface area contributed by atoms with Crippen molar-refractivity contribution in [3.8, 4) is 5.75 Å². The molecule has 24 heavy (non-hydrogen) atoms. The fraction of sp³-hybridized carbons (Fsp3) is 0.556.